The third-order valence-electron chi connectivity index (χ3n) is 1.21. The fourth-order valence-corrected chi connectivity index (χ4v) is 0.816. The molecule has 1 aromatic carbocycles. The van der Waals surface area contributed by atoms with Gasteiger partial charge in [-0.05, 0) is 12.1 Å². The zero-order chi connectivity index (χ0) is 9.14. The van der Waals surface area contributed by atoms with Crippen molar-refractivity contribution >= 4 is 23.7 Å². The quantitative estimate of drug-likeness (QED) is 0.564. The summed E-state index contributed by atoms with van der Waals surface area (Å²) in [4.78, 5) is 9.89. The minimum Gasteiger partial charge on any atom is -0.328 e. The molecule has 5 heteroatoms. The number of halogens is 3. The van der Waals surface area contributed by atoms with E-state index in [1.54, 1.807) is 0 Å². The number of benzene rings is 1. The molecule has 0 bridgehead atoms. The standard InChI is InChI=1S/C7H4ClF2NO/c8-7-5(9)1-4(11-3-12)2-6(7)10/h1-3H,(H,11,12). The Morgan fingerprint density at radius 1 is 1.33 bits per heavy atom. The van der Waals surface area contributed by atoms with Gasteiger partial charge in [-0.25, -0.2) is 8.78 Å². The molecule has 1 aromatic rings. The molecular weight excluding hydrogens is 188 g/mol. The third-order valence-corrected chi connectivity index (χ3v) is 1.57. The Bertz CT molecular complexity index is 293. The molecule has 0 fully saturated rings. The van der Waals surface area contributed by atoms with E-state index >= 15 is 0 Å². The van der Waals surface area contributed by atoms with Crippen molar-refractivity contribution in [2.45, 2.75) is 0 Å². The molecule has 0 unspecified atom stereocenters. The molecule has 0 saturated carbocycles. The maximum absolute atomic E-state index is 12.6. The van der Waals surface area contributed by atoms with E-state index in [1.165, 1.54) is 0 Å². The van der Waals surface area contributed by atoms with E-state index in [9.17, 15) is 13.6 Å². The van der Waals surface area contributed by atoms with Crippen LogP contribution in [0.2, 0.25) is 5.02 Å². The molecular formula is C7H4ClF2NO. The van der Waals surface area contributed by atoms with Gasteiger partial charge < -0.3 is 5.32 Å². The fraction of sp³-hybridized carbons (Fsp3) is 0. The molecule has 0 aliphatic carbocycles. The zero-order valence-electron chi connectivity index (χ0n) is 5.77. The Balaban J connectivity index is 3.11. The highest BCUT2D eigenvalue weighted by molar-refractivity contribution is 6.31. The Morgan fingerprint density at radius 3 is 2.25 bits per heavy atom. The number of rotatable bonds is 2. The normalized spacial score (nSPS) is 9.58. The van der Waals surface area contributed by atoms with Crippen molar-refractivity contribution in [1.82, 2.24) is 0 Å². The second kappa shape index (κ2) is 3.49. The van der Waals surface area contributed by atoms with E-state index in [0.717, 1.165) is 12.1 Å². The number of nitrogens with one attached hydrogen (secondary N) is 1. The molecule has 12 heavy (non-hydrogen) atoms. The average molecular weight is 192 g/mol. The summed E-state index contributed by atoms with van der Waals surface area (Å²) in [6.07, 6.45) is 0.322. The monoisotopic (exact) mass is 191 g/mol. The molecule has 0 spiro atoms. The van der Waals surface area contributed by atoms with Gasteiger partial charge in [0.1, 0.15) is 16.7 Å². The molecule has 1 rings (SSSR count). The minimum absolute atomic E-state index is 0.0319. The van der Waals surface area contributed by atoms with Crippen LogP contribution in [0.1, 0.15) is 0 Å². The van der Waals surface area contributed by atoms with Crippen LogP contribution in [0.5, 0.6) is 0 Å². The van der Waals surface area contributed by atoms with Gasteiger partial charge in [-0.15, -0.1) is 0 Å². The van der Waals surface area contributed by atoms with Crippen molar-refractivity contribution in [3.8, 4) is 0 Å². The average Bonchev–Trinajstić information content (AvgIpc) is 2.01. The Morgan fingerprint density at radius 2 is 1.83 bits per heavy atom. The van der Waals surface area contributed by atoms with E-state index in [-0.39, 0.29) is 5.69 Å². The summed E-state index contributed by atoms with van der Waals surface area (Å²) in [6.45, 7) is 0. The van der Waals surface area contributed by atoms with Crippen LogP contribution in [0.4, 0.5) is 14.5 Å². The maximum atomic E-state index is 12.6. The topological polar surface area (TPSA) is 29.1 Å². The van der Waals surface area contributed by atoms with Crippen LogP contribution in [0.15, 0.2) is 12.1 Å². The van der Waals surface area contributed by atoms with Crippen molar-refractivity contribution in [1.29, 1.82) is 0 Å². The first-order valence-electron chi connectivity index (χ1n) is 3.00. The molecule has 0 aromatic heterocycles. The third kappa shape index (κ3) is 1.71. The first kappa shape index (κ1) is 8.93. The molecule has 2 nitrogen and oxygen atoms in total. The summed E-state index contributed by atoms with van der Waals surface area (Å²) < 4.78 is 25.3. The lowest BCUT2D eigenvalue weighted by Gasteiger charge is -2.00. The predicted octanol–water partition coefficient (Wildman–Crippen LogP) is 2.19. The summed E-state index contributed by atoms with van der Waals surface area (Å²) in [5.41, 5.74) is 0.0319. The summed E-state index contributed by atoms with van der Waals surface area (Å²) in [5, 5.41) is 1.52. The van der Waals surface area contributed by atoms with Gasteiger partial charge in [-0.3, -0.25) is 4.79 Å². The van der Waals surface area contributed by atoms with Crippen LogP contribution in [0.3, 0.4) is 0 Å². The van der Waals surface area contributed by atoms with E-state index in [2.05, 4.69) is 5.32 Å². The van der Waals surface area contributed by atoms with Crippen LogP contribution in [0, 0.1) is 11.6 Å². The number of carbonyl (C=O) groups excluding carboxylic acids is 1. The largest absolute Gasteiger partial charge is 0.328 e. The molecule has 1 amide bonds. The molecule has 1 N–H and O–H groups in total. The van der Waals surface area contributed by atoms with Crippen molar-refractivity contribution in [2.24, 2.45) is 0 Å². The minimum atomic E-state index is -0.902. The highest BCUT2D eigenvalue weighted by Gasteiger charge is 2.07. The van der Waals surface area contributed by atoms with Gasteiger partial charge in [0.05, 0.1) is 0 Å². The van der Waals surface area contributed by atoms with Crippen LogP contribution < -0.4 is 5.32 Å². The number of hydrogen-bond donors (Lipinski definition) is 1. The molecule has 0 aliphatic heterocycles. The first-order valence-corrected chi connectivity index (χ1v) is 3.37. The van der Waals surface area contributed by atoms with E-state index in [4.69, 9.17) is 11.6 Å². The van der Waals surface area contributed by atoms with Gasteiger partial charge in [-0.2, -0.15) is 0 Å². The fourth-order valence-electron chi connectivity index (χ4n) is 0.707. The van der Waals surface area contributed by atoms with Crippen LogP contribution in [-0.2, 0) is 4.79 Å². The molecule has 64 valence electrons. The molecule has 0 heterocycles. The Hall–Kier alpha value is -1.16. The number of hydrogen-bond acceptors (Lipinski definition) is 1. The van der Waals surface area contributed by atoms with Crippen LogP contribution in [0.25, 0.3) is 0 Å². The zero-order valence-corrected chi connectivity index (χ0v) is 6.53. The van der Waals surface area contributed by atoms with E-state index in [1.807, 2.05) is 0 Å². The lowest BCUT2D eigenvalue weighted by molar-refractivity contribution is -0.105. The summed E-state index contributed by atoms with van der Waals surface area (Å²) in [5.74, 6) is -1.80. The van der Waals surface area contributed by atoms with Crippen LogP contribution >= 0.6 is 11.6 Å². The van der Waals surface area contributed by atoms with Crippen molar-refractivity contribution in [2.75, 3.05) is 5.32 Å². The maximum Gasteiger partial charge on any atom is 0.211 e. The van der Waals surface area contributed by atoms with Gasteiger partial charge in [0.25, 0.3) is 0 Å². The predicted molar refractivity (Wildman–Crippen MR) is 41.1 cm³/mol. The highest BCUT2D eigenvalue weighted by Crippen LogP contribution is 2.22. The summed E-state index contributed by atoms with van der Waals surface area (Å²) in [6, 6.07) is 1.86. The molecule has 0 saturated heterocycles. The summed E-state index contributed by atoms with van der Waals surface area (Å²) in [7, 11) is 0. The van der Waals surface area contributed by atoms with E-state index in [0.29, 0.717) is 6.41 Å². The van der Waals surface area contributed by atoms with Gasteiger partial charge in [0.15, 0.2) is 0 Å². The number of amides is 1. The SMILES string of the molecule is O=CNc1cc(F)c(Cl)c(F)c1. The second-order valence-electron chi connectivity index (χ2n) is 2.02. The van der Waals surface area contributed by atoms with Crippen LogP contribution in [-0.4, -0.2) is 6.41 Å². The molecule has 0 aliphatic rings. The molecule has 0 atom stereocenters. The Labute approximate surface area is 72.1 Å². The van der Waals surface area contributed by atoms with Crippen molar-refractivity contribution < 1.29 is 13.6 Å². The van der Waals surface area contributed by atoms with E-state index < -0.39 is 16.7 Å². The van der Waals surface area contributed by atoms with Gasteiger partial charge in [-0.1, -0.05) is 11.6 Å². The second-order valence-corrected chi connectivity index (χ2v) is 2.39. The van der Waals surface area contributed by atoms with Gasteiger partial charge in [0, 0.05) is 5.69 Å². The van der Waals surface area contributed by atoms with Gasteiger partial charge in [0.2, 0.25) is 6.41 Å². The van der Waals surface area contributed by atoms with Gasteiger partial charge >= 0.3 is 0 Å². The summed E-state index contributed by atoms with van der Waals surface area (Å²) >= 11 is 5.18. The number of carbonyl (C=O) groups is 1. The lowest BCUT2D eigenvalue weighted by atomic mass is 10.3. The highest BCUT2D eigenvalue weighted by atomic mass is 35.5. The first-order chi connectivity index (χ1) is 5.65. The Kier molecular flexibility index (Phi) is 2.60. The molecule has 0 radical (unpaired) electrons. The number of anilines is 1. The lowest BCUT2D eigenvalue weighted by Crippen LogP contribution is -1.96. The smallest absolute Gasteiger partial charge is 0.211 e. The van der Waals surface area contributed by atoms with Crippen molar-refractivity contribution in [3.05, 3.63) is 28.8 Å². The van der Waals surface area contributed by atoms with Crippen molar-refractivity contribution in [3.63, 3.8) is 0 Å².